The Morgan fingerprint density at radius 3 is 2.35 bits per heavy atom. The summed E-state index contributed by atoms with van der Waals surface area (Å²) >= 11 is 0. The predicted octanol–water partition coefficient (Wildman–Crippen LogP) is 2.85. The molecule has 1 aromatic carbocycles. The number of esters is 1. The van der Waals surface area contributed by atoms with E-state index in [4.69, 9.17) is 9.15 Å². The Kier molecular flexibility index (Phi) is 6.54. The molecule has 0 spiro atoms. The minimum Gasteiger partial charge on any atom is -0.459 e. The topological polar surface area (TPSA) is 97.6 Å². The van der Waals surface area contributed by atoms with Crippen LogP contribution in [0.3, 0.4) is 0 Å². The van der Waals surface area contributed by atoms with E-state index in [0.29, 0.717) is 11.6 Å². The van der Waals surface area contributed by atoms with E-state index in [0.717, 1.165) is 0 Å². The summed E-state index contributed by atoms with van der Waals surface area (Å²) in [6, 6.07) is 9.32. The second kappa shape index (κ2) is 8.84. The number of rotatable bonds is 7. The largest absolute Gasteiger partial charge is 0.459 e. The van der Waals surface area contributed by atoms with E-state index < -0.39 is 5.97 Å². The monoisotopic (exact) mass is 358 g/mol. The van der Waals surface area contributed by atoms with Crippen molar-refractivity contribution in [2.75, 3.05) is 11.9 Å². The number of ether oxygens (including phenoxy) is 1. The molecule has 0 fully saturated rings. The molecule has 0 saturated carbocycles. The van der Waals surface area contributed by atoms with Crippen molar-refractivity contribution in [1.29, 1.82) is 0 Å². The Hall–Kier alpha value is -3.09. The molecule has 0 unspecified atom stereocenters. The van der Waals surface area contributed by atoms with E-state index in [9.17, 15) is 14.4 Å². The van der Waals surface area contributed by atoms with Crippen molar-refractivity contribution < 1.29 is 23.5 Å². The molecule has 1 heterocycles. The highest BCUT2D eigenvalue weighted by molar-refractivity contribution is 6.02. The maximum absolute atomic E-state index is 12.0. The number of hydrogen-bond donors (Lipinski definition) is 2. The van der Waals surface area contributed by atoms with E-state index in [1.807, 2.05) is 20.8 Å². The van der Waals surface area contributed by atoms with Gasteiger partial charge >= 0.3 is 5.97 Å². The number of anilines is 1. The zero-order valence-corrected chi connectivity index (χ0v) is 14.9. The molecule has 2 amide bonds. The van der Waals surface area contributed by atoms with Gasteiger partial charge in [-0.05, 0) is 49.2 Å². The average Bonchev–Trinajstić information content (AvgIpc) is 3.15. The van der Waals surface area contributed by atoms with Gasteiger partial charge in [0.05, 0.1) is 11.8 Å². The molecule has 7 heteroatoms. The van der Waals surface area contributed by atoms with Crippen LogP contribution in [0, 0.1) is 5.92 Å². The van der Waals surface area contributed by atoms with Crippen LogP contribution in [0.5, 0.6) is 0 Å². The highest BCUT2D eigenvalue weighted by atomic mass is 16.5. The summed E-state index contributed by atoms with van der Waals surface area (Å²) in [6.07, 6.45) is 1.41. The van der Waals surface area contributed by atoms with Gasteiger partial charge in [-0.15, -0.1) is 0 Å². The van der Waals surface area contributed by atoms with Crippen LogP contribution < -0.4 is 10.6 Å². The lowest BCUT2D eigenvalue weighted by molar-refractivity contribution is -0.125. The lowest BCUT2D eigenvalue weighted by atomic mass is 10.1. The number of carbonyl (C=O) groups is 3. The summed E-state index contributed by atoms with van der Waals surface area (Å²) in [4.78, 5) is 35.6. The van der Waals surface area contributed by atoms with E-state index in [2.05, 4.69) is 10.6 Å². The fourth-order valence-corrected chi connectivity index (χ4v) is 1.97. The second-order valence-corrected chi connectivity index (χ2v) is 6.19. The quantitative estimate of drug-likeness (QED) is 0.742. The molecule has 2 rings (SSSR count). The molecule has 7 nitrogen and oxygen atoms in total. The summed E-state index contributed by atoms with van der Waals surface area (Å²) in [5.41, 5.74) is 0.789. The number of benzene rings is 1. The van der Waals surface area contributed by atoms with Gasteiger partial charge in [0.25, 0.3) is 11.8 Å². The molecule has 26 heavy (non-hydrogen) atoms. The van der Waals surface area contributed by atoms with E-state index in [1.54, 1.807) is 24.3 Å². The predicted molar refractivity (Wildman–Crippen MR) is 95.8 cm³/mol. The smallest absolute Gasteiger partial charge is 0.338 e. The number of furan rings is 1. The van der Waals surface area contributed by atoms with Crippen molar-refractivity contribution in [3.05, 3.63) is 54.0 Å². The maximum atomic E-state index is 12.0. The molecule has 0 bridgehead atoms. The average molecular weight is 358 g/mol. The zero-order chi connectivity index (χ0) is 19.1. The molecule has 2 aromatic rings. The van der Waals surface area contributed by atoms with Crippen molar-refractivity contribution in [3.63, 3.8) is 0 Å². The van der Waals surface area contributed by atoms with E-state index in [1.165, 1.54) is 18.4 Å². The summed E-state index contributed by atoms with van der Waals surface area (Å²) < 4.78 is 10.00. The van der Waals surface area contributed by atoms with Gasteiger partial charge in [0.2, 0.25) is 0 Å². The summed E-state index contributed by atoms with van der Waals surface area (Å²) in [5, 5.41) is 5.40. The molecule has 1 aromatic heterocycles. The van der Waals surface area contributed by atoms with Gasteiger partial charge in [-0.2, -0.15) is 0 Å². The number of hydrogen-bond acceptors (Lipinski definition) is 5. The molecule has 0 aliphatic carbocycles. The number of carbonyl (C=O) groups excluding carboxylic acids is 3. The first-order valence-electron chi connectivity index (χ1n) is 8.28. The first-order valence-corrected chi connectivity index (χ1v) is 8.28. The van der Waals surface area contributed by atoms with Crippen molar-refractivity contribution in [2.45, 2.75) is 26.8 Å². The first-order chi connectivity index (χ1) is 12.4. The molecule has 0 radical (unpaired) electrons. The standard InChI is InChI=1S/C19H22N2O5/c1-12(2)13(3)20-17(22)11-26-19(24)14-6-8-15(9-7-14)21-18(23)16-5-4-10-25-16/h4-10,12-13H,11H2,1-3H3,(H,20,22)(H,21,23)/t13-/m0/s1. The van der Waals surface area contributed by atoms with Crippen molar-refractivity contribution in [1.82, 2.24) is 5.32 Å². The summed E-state index contributed by atoms with van der Waals surface area (Å²) in [6.45, 7) is 5.53. The Bertz CT molecular complexity index is 751. The van der Waals surface area contributed by atoms with Crippen LogP contribution in [0.1, 0.15) is 41.7 Å². The summed E-state index contributed by atoms with van der Waals surface area (Å²) in [7, 11) is 0. The fraction of sp³-hybridized carbons (Fsp3) is 0.316. The number of nitrogens with one attached hydrogen (secondary N) is 2. The molecule has 0 saturated heterocycles. The highest BCUT2D eigenvalue weighted by Crippen LogP contribution is 2.12. The molecule has 0 aliphatic heterocycles. The normalized spacial score (nSPS) is 11.7. The highest BCUT2D eigenvalue weighted by Gasteiger charge is 2.14. The maximum Gasteiger partial charge on any atom is 0.338 e. The first kappa shape index (κ1) is 19.2. The molecule has 1 atom stereocenters. The van der Waals surface area contributed by atoms with Gasteiger partial charge in [0.1, 0.15) is 0 Å². The third-order valence-corrected chi connectivity index (χ3v) is 3.85. The van der Waals surface area contributed by atoms with E-state index in [-0.39, 0.29) is 35.8 Å². The molecule has 0 aliphatic rings. The van der Waals surface area contributed by atoms with Gasteiger partial charge in [0.15, 0.2) is 12.4 Å². The molecule has 138 valence electrons. The van der Waals surface area contributed by atoms with Crippen LogP contribution in [-0.4, -0.2) is 30.4 Å². The van der Waals surface area contributed by atoms with Gasteiger partial charge in [0, 0.05) is 11.7 Å². The Morgan fingerprint density at radius 2 is 1.77 bits per heavy atom. The molecule has 2 N–H and O–H groups in total. The lowest BCUT2D eigenvalue weighted by Crippen LogP contribution is -2.38. The van der Waals surface area contributed by atoms with Crippen LogP contribution in [0.15, 0.2) is 47.1 Å². The van der Waals surface area contributed by atoms with E-state index >= 15 is 0 Å². The van der Waals surface area contributed by atoms with Crippen LogP contribution >= 0.6 is 0 Å². The SMILES string of the molecule is CC(C)[C@H](C)NC(=O)COC(=O)c1ccc(NC(=O)c2ccco2)cc1. The third kappa shape index (κ3) is 5.47. The minimum atomic E-state index is -0.610. The van der Waals surface area contributed by atoms with Crippen LogP contribution in [-0.2, 0) is 9.53 Å². The Labute approximate surface area is 151 Å². The fourth-order valence-electron chi connectivity index (χ4n) is 1.97. The van der Waals surface area contributed by atoms with Crippen molar-refractivity contribution in [2.24, 2.45) is 5.92 Å². The van der Waals surface area contributed by atoms with Gasteiger partial charge in [-0.3, -0.25) is 9.59 Å². The minimum absolute atomic E-state index is 0.00161. The van der Waals surface area contributed by atoms with Crippen LogP contribution in [0.2, 0.25) is 0 Å². The Balaban J connectivity index is 1.84. The van der Waals surface area contributed by atoms with Gasteiger partial charge in [-0.1, -0.05) is 13.8 Å². The molecular formula is C19H22N2O5. The van der Waals surface area contributed by atoms with Gasteiger partial charge in [-0.25, -0.2) is 4.79 Å². The number of amides is 2. The third-order valence-electron chi connectivity index (χ3n) is 3.85. The lowest BCUT2D eigenvalue weighted by Gasteiger charge is -2.17. The van der Waals surface area contributed by atoms with Crippen molar-refractivity contribution >= 4 is 23.5 Å². The van der Waals surface area contributed by atoms with Crippen molar-refractivity contribution in [3.8, 4) is 0 Å². The van der Waals surface area contributed by atoms with Gasteiger partial charge < -0.3 is 19.8 Å². The van der Waals surface area contributed by atoms with Crippen LogP contribution in [0.25, 0.3) is 0 Å². The second-order valence-electron chi connectivity index (χ2n) is 6.19. The Morgan fingerprint density at radius 1 is 1.08 bits per heavy atom. The molecular weight excluding hydrogens is 336 g/mol. The summed E-state index contributed by atoms with van der Waals surface area (Å²) in [5.74, 6) is -0.863. The zero-order valence-electron chi connectivity index (χ0n) is 14.9. The van der Waals surface area contributed by atoms with Crippen LogP contribution in [0.4, 0.5) is 5.69 Å².